The van der Waals surface area contributed by atoms with Gasteiger partial charge >= 0.3 is 5.16 Å². The molecule has 0 radical (unpaired) electrons. The second kappa shape index (κ2) is 4.94. The molecule has 3 rings (SSSR count). The Bertz CT molecular complexity index is 575. The van der Waals surface area contributed by atoms with Crippen molar-refractivity contribution < 1.29 is 8.94 Å². The number of aromatic nitrogens is 3. The second-order valence-electron chi connectivity index (χ2n) is 4.46. The first-order chi connectivity index (χ1) is 9.20. The number of hydrogen-bond donors (Lipinski definition) is 0. The van der Waals surface area contributed by atoms with Crippen molar-refractivity contribution in [3.8, 4) is 0 Å². The summed E-state index contributed by atoms with van der Waals surface area (Å²) in [6.45, 7) is 1.80. The minimum atomic E-state index is -1.24. The molecule has 2 aromatic rings. The molecule has 0 aliphatic carbocycles. The fourth-order valence-corrected chi connectivity index (χ4v) is 2.97. The van der Waals surface area contributed by atoms with E-state index >= 15 is 0 Å². The molecule has 0 spiro atoms. The molecule has 0 unspecified atom stereocenters. The predicted octanol–water partition coefficient (Wildman–Crippen LogP) is 2.41. The van der Waals surface area contributed by atoms with Gasteiger partial charge in [-0.1, -0.05) is 30.3 Å². The lowest BCUT2D eigenvalue weighted by atomic mass is 10.0. The lowest BCUT2D eigenvalue weighted by Gasteiger charge is -2.11. The van der Waals surface area contributed by atoms with Gasteiger partial charge in [-0.3, -0.25) is 0 Å². The SMILES string of the molecule is CC[S@+]([O-])c1nc2n(n1)[C@H](c1ccccc1)C[C@@H]2F. The van der Waals surface area contributed by atoms with Crippen molar-refractivity contribution >= 4 is 11.2 Å². The molecule has 1 aromatic carbocycles. The quantitative estimate of drug-likeness (QED) is 0.811. The fraction of sp³-hybridized carbons (Fsp3) is 0.385. The number of benzene rings is 1. The molecule has 3 atom stereocenters. The summed E-state index contributed by atoms with van der Waals surface area (Å²) < 4.78 is 27.3. The lowest BCUT2D eigenvalue weighted by molar-refractivity contribution is 0.326. The summed E-state index contributed by atoms with van der Waals surface area (Å²) in [6.07, 6.45) is -0.793. The van der Waals surface area contributed by atoms with E-state index in [9.17, 15) is 8.94 Å². The third-order valence-electron chi connectivity index (χ3n) is 3.29. The fourth-order valence-electron chi connectivity index (χ4n) is 2.34. The molecule has 0 saturated heterocycles. The molecule has 0 fully saturated rings. The maximum absolute atomic E-state index is 14.0. The highest BCUT2D eigenvalue weighted by Gasteiger charge is 2.37. The Labute approximate surface area is 113 Å². The third kappa shape index (κ3) is 2.15. The molecule has 4 nitrogen and oxygen atoms in total. The van der Waals surface area contributed by atoms with Gasteiger partial charge in [0.25, 0.3) is 0 Å². The number of fused-ring (bicyclic) bond motifs is 1. The summed E-state index contributed by atoms with van der Waals surface area (Å²) in [7, 11) is 0. The highest BCUT2D eigenvalue weighted by atomic mass is 32.2. The van der Waals surface area contributed by atoms with E-state index < -0.39 is 17.3 Å². The molecule has 0 N–H and O–H groups in total. The Morgan fingerprint density at radius 1 is 1.42 bits per heavy atom. The molecule has 0 bridgehead atoms. The van der Waals surface area contributed by atoms with Crippen LogP contribution in [-0.2, 0) is 11.2 Å². The Balaban J connectivity index is 1.99. The molecule has 19 heavy (non-hydrogen) atoms. The van der Waals surface area contributed by atoms with Gasteiger partial charge in [0.1, 0.15) is 5.75 Å². The average molecular weight is 279 g/mol. The van der Waals surface area contributed by atoms with Gasteiger partial charge in [-0.25, -0.2) is 9.07 Å². The monoisotopic (exact) mass is 279 g/mol. The van der Waals surface area contributed by atoms with E-state index in [0.29, 0.717) is 18.0 Å². The first kappa shape index (κ1) is 12.6. The molecule has 0 saturated carbocycles. The number of alkyl halides is 1. The van der Waals surface area contributed by atoms with Crippen molar-refractivity contribution in [1.82, 2.24) is 14.8 Å². The van der Waals surface area contributed by atoms with Gasteiger partial charge in [0.15, 0.2) is 12.0 Å². The zero-order valence-electron chi connectivity index (χ0n) is 10.5. The largest absolute Gasteiger partial charge is 0.609 e. The topological polar surface area (TPSA) is 53.8 Å². The Hall–Kier alpha value is -1.40. The number of rotatable bonds is 3. The number of halogens is 1. The van der Waals surface area contributed by atoms with Crippen LogP contribution in [0.4, 0.5) is 4.39 Å². The van der Waals surface area contributed by atoms with Crippen LogP contribution in [-0.4, -0.2) is 25.1 Å². The highest BCUT2D eigenvalue weighted by Crippen LogP contribution is 2.39. The Morgan fingerprint density at radius 2 is 2.16 bits per heavy atom. The molecular weight excluding hydrogens is 265 g/mol. The zero-order chi connectivity index (χ0) is 13.4. The normalized spacial score (nSPS) is 23.3. The zero-order valence-corrected chi connectivity index (χ0v) is 11.3. The van der Waals surface area contributed by atoms with Crippen LogP contribution >= 0.6 is 0 Å². The van der Waals surface area contributed by atoms with Crippen molar-refractivity contribution in [3.63, 3.8) is 0 Å². The van der Waals surface area contributed by atoms with Crippen molar-refractivity contribution in [2.45, 2.75) is 30.7 Å². The summed E-state index contributed by atoms with van der Waals surface area (Å²) in [5, 5.41) is 4.47. The molecule has 0 amide bonds. The maximum Gasteiger partial charge on any atom is 0.361 e. The molecule has 100 valence electrons. The third-order valence-corrected chi connectivity index (χ3v) is 4.40. The van der Waals surface area contributed by atoms with Gasteiger partial charge in [-0.15, -0.1) is 5.10 Å². The van der Waals surface area contributed by atoms with Crippen molar-refractivity contribution in [1.29, 1.82) is 0 Å². The summed E-state index contributed by atoms with van der Waals surface area (Å²) >= 11 is -1.24. The van der Waals surface area contributed by atoms with Gasteiger partial charge in [0, 0.05) is 17.6 Å². The van der Waals surface area contributed by atoms with Crippen LogP contribution in [0.1, 0.15) is 36.9 Å². The number of hydrogen-bond acceptors (Lipinski definition) is 3. The van der Waals surface area contributed by atoms with Gasteiger partial charge < -0.3 is 4.55 Å². The van der Waals surface area contributed by atoms with Crippen LogP contribution in [0, 0.1) is 0 Å². The van der Waals surface area contributed by atoms with E-state index in [-0.39, 0.29) is 11.2 Å². The van der Waals surface area contributed by atoms with Crippen LogP contribution in [0.25, 0.3) is 0 Å². The van der Waals surface area contributed by atoms with Gasteiger partial charge in [0.2, 0.25) is 0 Å². The van der Waals surface area contributed by atoms with Crippen LogP contribution in [0.15, 0.2) is 35.5 Å². The highest BCUT2D eigenvalue weighted by molar-refractivity contribution is 7.91. The Morgan fingerprint density at radius 3 is 2.84 bits per heavy atom. The summed E-state index contributed by atoms with van der Waals surface area (Å²) in [6, 6.07) is 9.51. The second-order valence-corrected chi connectivity index (χ2v) is 6.09. The van der Waals surface area contributed by atoms with Crippen LogP contribution in [0.5, 0.6) is 0 Å². The average Bonchev–Trinajstić information content (AvgIpc) is 3.00. The first-order valence-electron chi connectivity index (χ1n) is 6.24. The summed E-state index contributed by atoms with van der Waals surface area (Å²) in [4.78, 5) is 4.09. The summed E-state index contributed by atoms with van der Waals surface area (Å²) in [5.74, 6) is 0.738. The lowest BCUT2D eigenvalue weighted by Crippen LogP contribution is -2.11. The molecular formula is C13H14FN3OS. The molecule has 6 heteroatoms. The molecule has 1 aliphatic heterocycles. The predicted molar refractivity (Wildman–Crippen MR) is 70.0 cm³/mol. The maximum atomic E-state index is 14.0. The Kier molecular flexibility index (Phi) is 3.28. The standard InChI is InChI=1S/C13H14FN3OS/c1-2-19(18)13-15-12-10(14)8-11(17(12)16-13)9-6-4-3-5-7-9/h3-7,10-11H,2,8H2,1H3/t10-,11-,19-/m0/s1. The van der Waals surface area contributed by atoms with E-state index in [1.807, 2.05) is 30.3 Å². The van der Waals surface area contributed by atoms with Crippen molar-refractivity contribution in [2.75, 3.05) is 5.75 Å². The molecule has 1 aromatic heterocycles. The molecule has 1 aliphatic rings. The van der Waals surface area contributed by atoms with Crippen molar-refractivity contribution in [2.24, 2.45) is 0 Å². The van der Waals surface area contributed by atoms with E-state index in [1.54, 1.807) is 11.6 Å². The summed E-state index contributed by atoms with van der Waals surface area (Å²) in [5.41, 5.74) is 1.00. The minimum Gasteiger partial charge on any atom is -0.609 e. The molecule has 2 heterocycles. The van der Waals surface area contributed by atoms with Gasteiger partial charge in [-0.05, 0) is 12.5 Å². The van der Waals surface area contributed by atoms with E-state index in [0.717, 1.165) is 5.56 Å². The van der Waals surface area contributed by atoms with E-state index in [2.05, 4.69) is 10.1 Å². The van der Waals surface area contributed by atoms with Crippen LogP contribution in [0.2, 0.25) is 0 Å². The first-order valence-corrected chi connectivity index (χ1v) is 7.56. The van der Waals surface area contributed by atoms with Gasteiger partial charge in [-0.2, -0.15) is 4.98 Å². The van der Waals surface area contributed by atoms with Crippen molar-refractivity contribution in [3.05, 3.63) is 41.7 Å². The van der Waals surface area contributed by atoms with Crippen LogP contribution in [0.3, 0.4) is 0 Å². The smallest absolute Gasteiger partial charge is 0.361 e. The van der Waals surface area contributed by atoms with Crippen LogP contribution < -0.4 is 0 Å². The van der Waals surface area contributed by atoms with Gasteiger partial charge in [0.05, 0.1) is 6.04 Å². The minimum absolute atomic E-state index is 0.152. The number of nitrogens with zero attached hydrogens (tertiary/aromatic N) is 3. The van der Waals surface area contributed by atoms with E-state index in [4.69, 9.17) is 0 Å². The van der Waals surface area contributed by atoms with E-state index in [1.165, 1.54) is 0 Å².